The number of alkyl halides is 1. The molecule has 52 valence electrons. The average molecular weight is 265 g/mol. The van der Waals surface area contributed by atoms with Crippen molar-refractivity contribution in [2.45, 2.75) is 11.8 Å². The van der Waals surface area contributed by atoms with Gasteiger partial charge in [0.15, 0.2) is 0 Å². The molecule has 1 heterocycles. The predicted molar refractivity (Wildman–Crippen MR) is 52.6 cm³/mol. The molecule has 1 atom stereocenters. The van der Waals surface area contributed by atoms with Crippen molar-refractivity contribution in [1.29, 1.82) is 0 Å². The van der Waals surface area contributed by atoms with Crippen LogP contribution in [0.2, 0.25) is 0 Å². The van der Waals surface area contributed by atoms with Gasteiger partial charge in [0.1, 0.15) is 5.38 Å². The Balaban J connectivity index is 2.77. The summed E-state index contributed by atoms with van der Waals surface area (Å²) in [4.78, 5) is 4.05. The highest BCUT2D eigenvalue weighted by atomic mass is 127. The molecule has 0 bridgehead atoms. The van der Waals surface area contributed by atoms with Gasteiger partial charge in [0.05, 0.1) is 3.70 Å². The number of hydrogen-bond acceptors (Lipinski definition) is 1. The maximum absolute atomic E-state index is 5.71. The molecule has 0 aliphatic carbocycles. The molecule has 1 aliphatic heterocycles. The number of halogens is 2. The van der Waals surface area contributed by atoms with Crippen LogP contribution in [0.4, 0.5) is 0 Å². The SMILES string of the molecule is ClC1C#CC/C=C(/I)N=C1. The molecule has 0 saturated heterocycles. The fraction of sp³-hybridized carbons (Fsp3) is 0.286. The largest absolute Gasteiger partial charge is 0.252 e. The lowest BCUT2D eigenvalue weighted by Crippen LogP contribution is -1.95. The van der Waals surface area contributed by atoms with Crippen molar-refractivity contribution in [3.8, 4) is 11.8 Å². The van der Waals surface area contributed by atoms with E-state index in [4.69, 9.17) is 11.6 Å². The van der Waals surface area contributed by atoms with Crippen LogP contribution in [-0.2, 0) is 0 Å². The summed E-state index contributed by atoms with van der Waals surface area (Å²) in [6.45, 7) is 0. The molecule has 1 nitrogen and oxygen atoms in total. The van der Waals surface area contributed by atoms with Crippen molar-refractivity contribution in [3.05, 3.63) is 9.78 Å². The van der Waals surface area contributed by atoms with Crippen LogP contribution in [0, 0.1) is 11.8 Å². The van der Waals surface area contributed by atoms with Crippen LogP contribution >= 0.6 is 34.2 Å². The van der Waals surface area contributed by atoms with E-state index in [1.54, 1.807) is 6.21 Å². The molecule has 0 aromatic heterocycles. The third-order valence-corrected chi connectivity index (χ3v) is 1.88. The normalized spacial score (nSPS) is 29.0. The molecule has 0 fully saturated rings. The molecule has 0 amide bonds. The van der Waals surface area contributed by atoms with Gasteiger partial charge in [0.25, 0.3) is 0 Å². The first-order valence-electron chi connectivity index (χ1n) is 2.81. The standard InChI is InChI=1S/C7H5ClIN/c8-6-3-1-2-4-7(9)10-5-6/h4-6H,2H2/b7-4-,10-5?. The molecule has 0 spiro atoms. The van der Waals surface area contributed by atoms with Gasteiger partial charge < -0.3 is 0 Å². The van der Waals surface area contributed by atoms with Crippen molar-refractivity contribution in [1.82, 2.24) is 0 Å². The lowest BCUT2D eigenvalue weighted by atomic mass is 10.3. The summed E-state index contributed by atoms with van der Waals surface area (Å²) in [7, 11) is 0. The Morgan fingerprint density at radius 3 is 3.40 bits per heavy atom. The van der Waals surface area contributed by atoms with Gasteiger partial charge in [-0.1, -0.05) is 11.8 Å². The Hall–Kier alpha value is -0.0100. The van der Waals surface area contributed by atoms with Crippen LogP contribution < -0.4 is 0 Å². The van der Waals surface area contributed by atoms with Crippen molar-refractivity contribution in [3.63, 3.8) is 0 Å². The third kappa shape index (κ3) is 2.72. The van der Waals surface area contributed by atoms with Crippen LogP contribution in [-0.4, -0.2) is 11.6 Å². The highest BCUT2D eigenvalue weighted by molar-refractivity contribution is 14.1. The minimum Gasteiger partial charge on any atom is -0.252 e. The summed E-state index contributed by atoms with van der Waals surface area (Å²) in [5, 5.41) is -0.224. The maximum atomic E-state index is 5.71. The average Bonchev–Trinajstić information content (AvgIpc) is 1.90. The molecule has 0 aromatic rings. The first-order chi connectivity index (χ1) is 4.79. The summed E-state index contributed by atoms with van der Waals surface area (Å²) in [5.74, 6) is 5.74. The minimum atomic E-state index is -0.224. The lowest BCUT2D eigenvalue weighted by Gasteiger charge is -1.94. The molecule has 0 N–H and O–H groups in total. The van der Waals surface area contributed by atoms with Gasteiger partial charge in [0, 0.05) is 12.6 Å². The molecule has 0 saturated carbocycles. The Bertz CT molecular complexity index is 234. The Labute approximate surface area is 78.7 Å². The van der Waals surface area contributed by atoms with Gasteiger partial charge in [-0.3, -0.25) is 4.99 Å². The zero-order valence-corrected chi connectivity index (χ0v) is 8.06. The molecule has 1 unspecified atom stereocenters. The topological polar surface area (TPSA) is 12.4 Å². The lowest BCUT2D eigenvalue weighted by molar-refractivity contribution is 1.37. The smallest absolute Gasteiger partial charge is 0.129 e. The van der Waals surface area contributed by atoms with Crippen LogP contribution in [0.15, 0.2) is 14.8 Å². The van der Waals surface area contributed by atoms with Crippen LogP contribution in [0.1, 0.15) is 6.42 Å². The molecular formula is C7H5ClIN. The van der Waals surface area contributed by atoms with Gasteiger partial charge >= 0.3 is 0 Å². The van der Waals surface area contributed by atoms with Gasteiger partial charge in [0.2, 0.25) is 0 Å². The Morgan fingerprint density at radius 1 is 1.80 bits per heavy atom. The van der Waals surface area contributed by atoms with E-state index >= 15 is 0 Å². The maximum Gasteiger partial charge on any atom is 0.129 e. The first-order valence-corrected chi connectivity index (χ1v) is 4.33. The van der Waals surface area contributed by atoms with Gasteiger partial charge in [-0.15, -0.1) is 11.6 Å². The minimum absolute atomic E-state index is 0.224. The summed E-state index contributed by atoms with van der Waals surface area (Å²) in [6.07, 6.45) is 4.36. The summed E-state index contributed by atoms with van der Waals surface area (Å²) in [6, 6.07) is 0. The molecular weight excluding hydrogens is 260 g/mol. The van der Waals surface area contributed by atoms with E-state index in [1.165, 1.54) is 0 Å². The Morgan fingerprint density at radius 2 is 2.60 bits per heavy atom. The van der Waals surface area contributed by atoms with Crippen LogP contribution in [0.3, 0.4) is 0 Å². The van der Waals surface area contributed by atoms with E-state index in [2.05, 4.69) is 39.4 Å². The number of aliphatic imine (C=N–C) groups is 1. The zero-order valence-electron chi connectivity index (χ0n) is 5.14. The van der Waals surface area contributed by atoms with Crippen LogP contribution in [0.5, 0.6) is 0 Å². The third-order valence-electron chi connectivity index (χ3n) is 0.941. The molecule has 0 radical (unpaired) electrons. The molecule has 1 rings (SSSR count). The highest BCUT2D eigenvalue weighted by Gasteiger charge is 1.95. The van der Waals surface area contributed by atoms with Gasteiger partial charge in [-0.05, 0) is 28.7 Å². The first kappa shape index (κ1) is 8.09. The second-order valence-corrected chi connectivity index (χ2v) is 3.31. The Kier molecular flexibility index (Phi) is 3.23. The number of nitrogens with zero attached hydrogens (tertiary/aromatic N) is 1. The number of rotatable bonds is 0. The summed E-state index contributed by atoms with van der Waals surface area (Å²) in [5.41, 5.74) is 0. The fourth-order valence-corrected chi connectivity index (χ4v) is 1.03. The number of allylic oxidation sites excluding steroid dienone is 1. The molecule has 0 aromatic carbocycles. The second kappa shape index (κ2) is 3.99. The summed E-state index contributed by atoms with van der Waals surface area (Å²) >= 11 is 7.85. The molecule has 10 heavy (non-hydrogen) atoms. The van der Waals surface area contributed by atoms with Crippen LogP contribution in [0.25, 0.3) is 0 Å². The highest BCUT2D eigenvalue weighted by Crippen LogP contribution is 2.09. The molecule has 3 heteroatoms. The fourth-order valence-electron chi connectivity index (χ4n) is 0.518. The van der Waals surface area contributed by atoms with Crippen molar-refractivity contribution in [2.75, 3.05) is 0 Å². The molecule has 1 aliphatic rings. The van der Waals surface area contributed by atoms with Crippen molar-refractivity contribution < 1.29 is 0 Å². The van der Waals surface area contributed by atoms with Gasteiger partial charge in [-0.2, -0.15) is 0 Å². The monoisotopic (exact) mass is 265 g/mol. The van der Waals surface area contributed by atoms with Crippen molar-refractivity contribution in [2.24, 2.45) is 4.99 Å². The van der Waals surface area contributed by atoms with Crippen molar-refractivity contribution >= 4 is 40.4 Å². The van der Waals surface area contributed by atoms with E-state index in [1.807, 2.05) is 6.08 Å². The van der Waals surface area contributed by atoms with E-state index in [-0.39, 0.29) is 5.38 Å². The summed E-state index contributed by atoms with van der Waals surface area (Å²) < 4.78 is 0.956. The van der Waals surface area contributed by atoms with E-state index < -0.39 is 0 Å². The number of hydrogen-bond donors (Lipinski definition) is 0. The van der Waals surface area contributed by atoms with E-state index in [0.717, 1.165) is 10.1 Å². The van der Waals surface area contributed by atoms with E-state index in [9.17, 15) is 0 Å². The zero-order chi connectivity index (χ0) is 7.40. The quantitative estimate of drug-likeness (QED) is 0.276. The second-order valence-electron chi connectivity index (χ2n) is 1.73. The predicted octanol–water partition coefficient (Wildman–Crippen LogP) is 2.35. The van der Waals surface area contributed by atoms with Gasteiger partial charge in [-0.25, -0.2) is 0 Å². The van der Waals surface area contributed by atoms with E-state index in [0.29, 0.717) is 0 Å².